The fourth-order valence-electron chi connectivity index (χ4n) is 7.44. The third kappa shape index (κ3) is 4.30. The second kappa shape index (κ2) is 9.99. The molecule has 2 saturated carbocycles. The molecule has 0 amide bonds. The SMILES string of the molecule is CC=C(C)C(=O)O[C@@H]1C[C@H]2[C@]3(CC[C@@H](C)[C@]24C[C@H](c2ccoc2)OC4=O)COC(=O)[C@@H]3[C@@H]1OC(=O)C=C(C)C. The molecular formula is C30H36O9. The Morgan fingerprint density at radius 1 is 1.15 bits per heavy atom. The van der Waals surface area contributed by atoms with Crippen molar-refractivity contribution >= 4 is 23.9 Å². The molecule has 1 aromatic heterocycles. The van der Waals surface area contributed by atoms with Crippen LogP contribution >= 0.6 is 0 Å². The molecule has 4 aliphatic rings. The summed E-state index contributed by atoms with van der Waals surface area (Å²) in [5, 5.41) is 0. The van der Waals surface area contributed by atoms with Crippen LogP contribution in [0.3, 0.4) is 0 Å². The van der Waals surface area contributed by atoms with Gasteiger partial charge in [-0.2, -0.15) is 0 Å². The van der Waals surface area contributed by atoms with Crippen molar-refractivity contribution in [3.63, 3.8) is 0 Å². The van der Waals surface area contributed by atoms with Gasteiger partial charge in [-0.15, -0.1) is 0 Å². The molecule has 39 heavy (non-hydrogen) atoms. The maximum atomic E-state index is 13.9. The van der Waals surface area contributed by atoms with E-state index in [2.05, 4.69) is 0 Å². The number of furan rings is 1. The van der Waals surface area contributed by atoms with Gasteiger partial charge in [-0.05, 0) is 64.9 Å². The average molecular weight is 541 g/mol. The van der Waals surface area contributed by atoms with Gasteiger partial charge in [0, 0.05) is 29.0 Å². The lowest BCUT2D eigenvalue weighted by Crippen LogP contribution is -2.64. The number of hydrogen-bond donors (Lipinski definition) is 0. The second-order valence-corrected chi connectivity index (χ2v) is 11.8. The summed E-state index contributed by atoms with van der Waals surface area (Å²) in [6.07, 6.45) is 5.58. The molecule has 0 bridgehead atoms. The number of cyclic esters (lactones) is 2. The van der Waals surface area contributed by atoms with Gasteiger partial charge in [0.1, 0.15) is 18.1 Å². The molecule has 0 aromatic carbocycles. The van der Waals surface area contributed by atoms with Crippen molar-refractivity contribution < 1.29 is 42.5 Å². The third-order valence-electron chi connectivity index (χ3n) is 9.50. The lowest BCUT2D eigenvalue weighted by Gasteiger charge is -2.58. The van der Waals surface area contributed by atoms with Gasteiger partial charge < -0.3 is 23.4 Å². The van der Waals surface area contributed by atoms with E-state index in [4.69, 9.17) is 23.4 Å². The van der Waals surface area contributed by atoms with E-state index >= 15 is 0 Å². The molecular weight excluding hydrogens is 504 g/mol. The Morgan fingerprint density at radius 3 is 2.59 bits per heavy atom. The standard InChI is InChI=1S/C30H36O9/c1-6-17(4)26(32)37-20-12-22-29(15-36-27(33)24(29)25(20)39-23(31)11-16(2)3)9-7-18(5)30(22)13-21(38-28(30)34)19-8-10-35-14-19/h6,8,10-11,14,18,20-22,24-25H,7,9,12-13,15H2,1-5H3/t18-,20-,21-,22+,24+,25-,29+,30-/m1/s1. The van der Waals surface area contributed by atoms with Crippen molar-refractivity contribution in [1.29, 1.82) is 0 Å². The first-order valence-electron chi connectivity index (χ1n) is 13.6. The summed E-state index contributed by atoms with van der Waals surface area (Å²) in [6.45, 7) is 9.06. The summed E-state index contributed by atoms with van der Waals surface area (Å²) in [6, 6.07) is 1.79. The quantitative estimate of drug-likeness (QED) is 0.299. The first-order chi connectivity index (χ1) is 18.5. The maximum absolute atomic E-state index is 13.9. The van der Waals surface area contributed by atoms with Crippen LogP contribution in [-0.4, -0.2) is 42.7 Å². The van der Waals surface area contributed by atoms with Crippen LogP contribution in [0.2, 0.25) is 0 Å². The molecule has 210 valence electrons. The average Bonchev–Trinajstić information content (AvgIpc) is 3.61. The number of hydrogen-bond acceptors (Lipinski definition) is 9. The van der Waals surface area contributed by atoms with Gasteiger partial charge in [-0.25, -0.2) is 9.59 Å². The maximum Gasteiger partial charge on any atom is 0.333 e. The van der Waals surface area contributed by atoms with E-state index in [1.54, 1.807) is 52.4 Å². The summed E-state index contributed by atoms with van der Waals surface area (Å²) < 4.78 is 28.8. The van der Waals surface area contributed by atoms with E-state index in [9.17, 15) is 19.2 Å². The van der Waals surface area contributed by atoms with Gasteiger partial charge in [-0.1, -0.05) is 18.6 Å². The van der Waals surface area contributed by atoms with Crippen LogP contribution in [0.1, 0.15) is 72.0 Å². The summed E-state index contributed by atoms with van der Waals surface area (Å²) in [7, 11) is 0. The van der Waals surface area contributed by atoms with Crippen LogP contribution in [0.5, 0.6) is 0 Å². The van der Waals surface area contributed by atoms with Gasteiger partial charge in [0.15, 0.2) is 6.10 Å². The van der Waals surface area contributed by atoms with Crippen molar-refractivity contribution in [2.45, 2.75) is 78.6 Å². The number of esters is 4. The van der Waals surface area contributed by atoms with Crippen LogP contribution in [0.15, 0.2) is 46.3 Å². The lowest BCUT2D eigenvalue weighted by molar-refractivity contribution is -0.210. The van der Waals surface area contributed by atoms with E-state index < -0.39 is 58.9 Å². The molecule has 1 aromatic rings. The predicted molar refractivity (Wildman–Crippen MR) is 137 cm³/mol. The van der Waals surface area contributed by atoms with Crippen LogP contribution in [0.25, 0.3) is 0 Å². The monoisotopic (exact) mass is 540 g/mol. The van der Waals surface area contributed by atoms with Gasteiger partial charge in [-0.3, -0.25) is 9.59 Å². The molecule has 2 aliphatic heterocycles. The smallest absolute Gasteiger partial charge is 0.333 e. The van der Waals surface area contributed by atoms with E-state index in [1.807, 2.05) is 6.92 Å². The Kier molecular flexibility index (Phi) is 6.97. The summed E-state index contributed by atoms with van der Waals surface area (Å²) >= 11 is 0. The minimum Gasteiger partial charge on any atom is -0.472 e. The molecule has 2 aliphatic carbocycles. The Morgan fingerprint density at radius 2 is 1.92 bits per heavy atom. The zero-order valence-corrected chi connectivity index (χ0v) is 23.1. The molecule has 9 nitrogen and oxygen atoms in total. The topological polar surface area (TPSA) is 118 Å². The highest BCUT2D eigenvalue weighted by molar-refractivity contribution is 5.88. The van der Waals surface area contributed by atoms with E-state index in [1.165, 1.54) is 6.08 Å². The minimum absolute atomic E-state index is 0.0488. The number of rotatable bonds is 5. The molecule has 8 atom stereocenters. The molecule has 3 heterocycles. The summed E-state index contributed by atoms with van der Waals surface area (Å²) in [5.74, 6) is -3.31. The highest BCUT2D eigenvalue weighted by Crippen LogP contribution is 2.68. The van der Waals surface area contributed by atoms with Gasteiger partial charge in [0.2, 0.25) is 0 Å². The summed E-state index contributed by atoms with van der Waals surface area (Å²) in [5.41, 5.74) is 0.213. The Labute approximate surface area is 227 Å². The molecule has 9 heteroatoms. The van der Waals surface area contributed by atoms with Crippen molar-refractivity contribution in [3.8, 4) is 0 Å². The fourth-order valence-corrected chi connectivity index (χ4v) is 7.44. The number of fused-ring (bicyclic) bond motifs is 1. The van der Waals surface area contributed by atoms with Crippen LogP contribution in [-0.2, 0) is 38.1 Å². The Bertz CT molecular complexity index is 1220. The summed E-state index contributed by atoms with van der Waals surface area (Å²) in [4.78, 5) is 53.1. The van der Waals surface area contributed by atoms with Crippen molar-refractivity contribution in [2.24, 2.45) is 28.6 Å². The zero-order valence-electron chi connectivity index (χ0n) is 23.1. The first-order valence-corrected chi connectivity index (χ1v) is 13.6. The normalized spacial score (nSPS) is 37.4. The highest BCUT2D eigenvalue weighted by atomic mass is 16.6. The van der Waals surface area contributed by atoms with Crippen molar-refractivity contribution in [2.75, 3.05) is 6.61 Å². The van der Waals surface area contributed by atoms with E-state index in [-0.39, 0.29) is 24.9 Å². The second-order valence-electron chi connectivity index (χ2n) is 11.8. The number of allylic oxidation sites excluding steroid dienone is 2. The first kappa shape index (κ1) is 27.2. The molecule has 0 radical (unpaired) electrons. The third-order valence-corrected chi connectivity index (χ3v) is 9.50. The highest BCUT2D eigenvalue weighted by Gasteiger charge is 2.74. The van der Waals surface area contributed by atoms with Crippen LogP contribution in [0.4, 0.5) is 0 Å². The van der Waals surface area contributed by atoms with E-state index in [0.29, 0.717) is 24.8 Å². The Balaban J connectivity index is 1.59. The lowest BCUT2D eigenvalue weighted by atomic mass is 9.43. The van der Waals surface area contributed by atoms with Crippen LogP contribution in [0, 0.1) is 28.6 Å². The fraction of sp³-hybridized carbons (Fsp3) is 0.600. The van der Waals surface area contributed by atoms with Gasteiger partial charge in [0.25, 0.3) is 0 Å². The zero-order chi connectivity index (χ0) is 28.1. The molecule has 5 rings (SSSR count). The molecule has 2 saturated heterocycles. The van der Waals surface area contributed by atoms with E-state index in [0.717, 1.165) is 11.1 Å². The molecule has 4 fully saturated rings. The van der Waals surface area contributed by atoms with Gasteiger partial charge in [0.05, 0.1) is 24.5 Å². The molecule has 0 N–H and O–H groups in total. The van der Waals surface area contributed by atoms with Gasteiger partial charge >= 0.3 is 23.9 Å². The molecule has 0 unspecified atom stereocenters. The number of carbonyl (C=O) groups excluding carboxylic acids is 4. The van der Waals surface area contributed by atoms with Crippen molar-refractivity contribution in [3.05, 3.63) is 47.5 Å². The predicted octanol–water partition coefficient (Wildman–Crippen LogP) is 4.62. The molecule has 2 spiro atoms. The minimum atomic E-state index is -1.04. The van der Waals surface area contributed by atoms with Crippen molar-refractivity contribution in [1.82, 2.24) is 0 Å². The Hall–Kier alpha value is -3.36. The number of carbonyl (C=O) groups is 4. The number of ether oxygens (including phenoxy) is 4. The largest absolute Gasteiger partial charge is 0.472 e. The van der Waals surface area contributed by atoms with Crippen LogP contribution < -0.4 is 0 Å².